The van der Waals surface area contributed by atoms with Crippen molar-refractivity contribution < 1.29 is 9.21 Å². The second-order valence-corrected chi connectivity index (χ2v) is 4.63. The molecule has 94 valence electrons. The lowest BCUT2D eigenvalue weighted by Gasteiger charge is -2.19. The molecule has 0 bridgehead atoms. The summed E-state index contributed by atoms with van der Waals surface area (Å²) < 4.78 is 5.37. The standard InChI is InChI=1S/C12H19N3O2/c1-14(2)9-5-6-15(8-9)12(16)11-4-3-10(7-13)17-11/h3-4,9H,5-8,13H2,1-2H3. The van der Waals surface area contributed by atoms with E-state index in [1.165, 1.54) is 0 Å². The molecule has 0 spiro atoms. The molecule has 1 aliphatic rings. The molecule has 0 aromatic carbocycles. The van der Waals surface area contributed by atoms with E-state index in [-0.39, 0.29) is 5.91 Å². The Bertz CT molecular complexity index is 400. The first-order chi connectivity index (χ1) is 8.11. The van der Waals surface area contributed by atoms with Crippen molar-refractivity contribution >= 4 is 5.91 Å². The van der Waals surface area contributed by atoms with Crippen molar-refractivity contribution in [3.05, 3.63) is 23.7 Å². The summed E-state index contributed by atoms with van der Waals surface area (Å²) in [4.78, 5) is 16.1. The third-order valence-electron chi connectivity index (χ3n) is 3.25. The van der Waals surface area contributed by atoms with Crippen molar-refractivity contribution in [2.24, 2.45) is 5.73 Å². The molecule has 1 saturated heterocycles. The Kier molecular flexibility index (Phi) is 3.49. The second-order valence-electron chi connectivity index (χ2n) is 4.63. The van der Waals surface area contributed by atoms with Crippen LogP contribution in [0.5, 0.6) is 0 Å². The Balaban J connectivity index is 2.01. The first-order valence-electron chi connectivity index (χ1n) is 5.86. The van der Waals surface area contributed by atoms with Crippen LogP contribution in [0.1, 0.15) is 22.7 Å². The average Bonchev–Trinajstić information content (AvgIpc) is 2.97. The van der Waals surface area contributed by atoms with E-state index in [1.807, 2.05) is 19.0 Å². The molecule has 1 aliphatic heterocycles. The van der Waals surface area contributed by atoms with Crippen LogP contribution in [0, 0.1) is 0 Å². The number of nitrogens with zero attached hydrogens (tertiary/aromatic N) is 2. The molecule has 1 fully saturated rings. The number of rotatable bonds is 3. The molecule has 0 radical (unpaired) electrons. The predicted octanol–water partition coefficient (Wildman–Crippen LogP) is 0.514. The summed E-state index contributed by atoms with van der Waals surface area (Å²) in [5, 5.41) is 0. The van der Waals surface area contributed by atoms with Gasteiger partial charge in [-0.05, 0) is 32.6 Å². The zero-order chi connectivity index (χ0) is 12.4. The molecule has 1 amide bonds. The number of nitrogens with two attached hydrogens (primary N) is 1. The number of carbonyl (C=O) groups excluding carboxylic acids is 1. The van der Waals surface area contributed by atoms with Gasteiger partial charge in [0.05, 0.1) is 6.54 Å². The quantitative estimate of drug-likeness (QED) is 0.832. The Morgan fingerprint density at radius 1 is 1.59 bits per heavy atom. The third-order valence-corrected chi connectivity index (χ3v) is 3.25. The smallest absolute Gasteiger partial charge is 0.289 e. The van der Waals surface area contributed by atoms with Gasteiger partial charge in [-0.2, -0.15) is 0 Å². The summed E-state index contributed by atoms with van der Waals surface area (Å²) in [5.41, 5.74) is 5.45. The summed E-state index contributed by atoms with van der Waals surface area (Å²) in [6.45, 7) is 1.89. The van der Waals surface area contributed by atoms with Gasteiger partial charge in [-0.25, -0.2) is 0 Å². The fraction of sp³-hybridized carbons (Fsp3) is 0.583. The van der Waals surface area contributed by atoms with Crippen molar-refractivity contribution in [1.82, 2.24) is 9.80 Å². The lowest BCUT2D eigenvalue weighted by atomic mass is 10.2. The van der Waals surface area contributed by atoms with Crippen molar-refractivity contribution in [2.45, 2.75) is 19.0 Å². The van der Waals surface area contributed by atoms with Gasteiger partial charge in [-0.15, -0.1) is 0 Å². The highest BCUT2D eigenvalue weighted by Crippen LogP contribution is 2.17. The molecular formula is C12H19N3O2. The minimum atomic E-state index is -0.0333. The van der Waals surface area contributed by atoms with Crippen molar-refractivity contribution in [3.8, 4) is 0 Å². The molecule has 1 unspecified atom stereocenters. The summed E-state index contributed by atoms with van der Waals surface area (Å²) >= 11 is 0. The van der Waals surface area contributed by atoms with Crippen LogP contribution >= 0.6 is 0 Å². The molecule has 1 aromatic heterocycles. The van der Waals surface area contributed by atoms with E-state index < -0.39 is 0 Å². The maximum Gasteiger partial charge on any atom is 0.289 e. The molecule has 1 aromatic rings. The fourth-order valence-electron chi connectivity index (χ4n) is 2.11. The summed E-state index contributed by atoms with van der Waals surface area (Å²) in [5.74, 6) is 1.01. The maximum atomic E-state index is 12.1. The highest BCUT2D eigenvalue weighted by molar-refractivity contribution is 5.91. The van der Waals surface area contributed by atoms with Crippen LogP contribution < -0.4 is 5.73 Å². The van der Waals surface area contributed by atoms with E-state index in [1.54, 1.807) is 12.1 Å². The highest BCUT2D eigenvalue weighted by Gasteiger charge is 2.29. The van der Waals surface area contributed by atoms with Crippen LogP contribution in [0.3, 0.4) is 0 Å². The number of likely N-dealkylation sites (N-methyl/N-ethyl adjacent to an activating group) is 1. The SMILES string of the molecule is CN(C)C1CCN(C(=O)c2ccc(CN)o2)C1. The van der Waals surface area contributed by atoms with Gasteiger partial charge >= 0.3 is 0 Å². The van der Waals surface area contributed by atoms with Gasteiger partial charge in [-0.3, -0.25) is 4.79 Å². The van der Waals surface area contributed by atoms with Gasteiger partial charge in [0.15, 0.2) is 5.76 Å². The highest BCUT2D eigenvalue weighted by atomic mass is 16.4. The molecule has 0 saturated carbocycles. The summed E-state index contributed by atoms with van der Waals surface area (Å²) in [7, 11) is 4.08. The van der Waals surface area contributed by atoms with Crippen LogP contribution in [0.25, 0.3) is 0 Å². The number of hydrogen-bond donors (Lipinski definition) is 1. The lowest BCUT2D eigenvalue weighted by Crippen LogP contribution is -2.34. The normalized spacial score (nSPS) is 20.2. The molecule has 5 nitrogen and oxygen atoms in total. The zero-order valence-corrected chi connectivity index (χ0v) is 10.3. The molecule has 17 heavy (non-hydrogen) atoms. The first kappa shape index (κ1) is 12.1. The van der Waals surface area contributed by atoms with Crippen molar-refractivity contribution in [3.63, 3.8) is 0 Å². The molecule has 0 aliphatic carbocycles. The molecule has 2 rings (SSSR count). The number of amides is 1. The Hall–Kier alpha value is -1.33. The van der Waals surface area contributed by atoms with Gasteiger partial charge in [-0.1, -0.05) is 0 Å². The second kappa shape index (κ2) is 4.89. The maximum absolute atomic E-state index is 12.1. The molecule has 2 N–H and O–H groups in total. The van der Waals surface area contributed by atoms with Crippen LogP contribution in [0.2, 0.25) is 0 Å². The van der Waals surface area contributed by atoms with E-state index in [2.05, 4.69) is 4.90 Å². The van der Waals surface area contributed by atoms with Crippen LogP contribution in [-0.4, -0.2) is 48.9 Å². The van der Waals surface area contributed by atoms with E-state index >= 15 is 0 Å². The Morgan fingerprint density at radius 3 is 2.88 bits per heavy atom. The fourth-order valence-corrected chi connectivity index (χ4v) is 2.11. The minimum Gasteiger partial charge on any atom is -0.455 e. The van der Waals surface area contributed by atoms with Crippen molar-refractivity contribution in [1.29, 1.82) is 0 Å². The van der Waals surface area contributed by atoms with Crippen LogP contribution in [-0.2, 0) is 6.54 Å². The topological polar surface area (TPSA) is 62.7 Å². The zero-order valence-electron chi connectivity index (χ0n) is 10.3. The monoisotopic (exact) mass is 237 g/mol. The lowest BCUT2D eigenvalue weighted by molar-refractivity contribution is 0.0749. The Morgan fingerprint density at radius 2 is 2.35 bits per heavy atom. The molecular weight excluding hydrogens is 218 g/mol. The van der Waals surface area contributed by atoms with E-state index in [9.17, 15) is 4.79 Å². The Labute approximate surface area is 101 Å². The summed E-state index contributed by atoms with van der Waals surface area (Å²) in [6, 6.07) is 3.91. The average molecular weight is 237 g/mol. The summed E-state index contributed by atoms with van der Waals surface area (Å²) in [6.07, 6.45) is 1.02. The van der Waals surface area contributed by atoms with Gasteiger partial charge in [0.1, 0.15) is 5.76 Å². The minimum absolute atomic E-state index is 0.0333. The number of furan rings is 1. The van der Waals surface area contributed by atoms with Gasteiger partial charge in [0, 0.05) is 19.1 Å². The van der Waals surface area contributed by atoms with Crippen LogP contribution in [0.4, 0.5) is 0 Å². The van der Waals surface area contributed by atoms with Crippen molar-refractivity contribution in [2.75, 3.05) is 27.2 Å². The molecule has 2 heterocycles. The third kappa shape index (κ3) is 2.50. The number of carbonyl (C=O) groups is 1. The van der Waals surface area contributed by atoms with Gasteiger partial charge in [0.2, 0.25) is 0 Å². The molecule has 5 heteroatoms. The predicted molar refractivity (Wildman–Crippen MR) is 64.6 cm³/mol. The van der Waals surface area contributed by atoms with Gasteiger partial charge in [0.25, 0.3) is 5.91 Å². The van der Waals surface area contributed by atoms with Crippen LogP contribution in [0.15, 0.2) is 16.5 Å². The van der Waals surface area contributed by atoms with E-state index in [4.69, 9.17) is 10.2 Å². The number of likely N-dealkylation sites (tertiary alicyclic amines) is 1. The van der Waals surface area contributed by atoms with E-state index in [0.29, 0.717) is 24.1 Å². The van der Waals surface area contributed by atoms with E-state index in [0.717, 1.165) is 19.5 Å². The number of hydrogen-bond acceptors (Lipinski definition) is 4. The largest absolute Gasteiger partial charge is 0.455 e. The first-order valence-corrected chi connectivity index (χ1v) is 5.86. The van der Waals surface area contributed by atoms with Gasteiger partial charge < -0.3 is 20.0 Å². The molecule has 1 atom stereocenters.